The Morgan fingerprint density at radius 2 is 1.74 bits per heavy atom. The third-order valence-electron chi connectivity index (χ3n) is 9.07. The van der Waals surface area contributed by atoms with Gasteiger partial charge in [-0.1, -0.05) is 18.2 Å². The summed E-state index contributed by atoms with van der Waals surface area (Å²) in [4.78, 5) is 41.6. The van der Waals surface area contributed by atoms with Crippen molar-refractivity contribution >= 4 is 17.7 Å². The summed E-state index contributed by atoms with van der Waals surface area (Å²) in [6.07, 6.45) is 0.774. The largest absolute Gasteiger partial charge is 0.496 e. The first kappa shape index (κ1) is 34.3. The van der Waals surface area contributed by atoms with Crippen LogP contribution >= 0.6 is 0 Å². The van der Waals surface area contributed by atoms with Gasteiger partial charge in [0.1, 0.15) is 17.6 Å². The molecule has 4 aromatic rings. The molecule has 4 heterocycles. The van der Waals surface area contributed by atoms with Crippen molar-refractivity contribution in [3.05, 3.63) is 100 Å². The summed E-state index contributed by atoms with van der Waals surface area (Å²) in [6, 6.07) is 19.9. The molecule has 0 radical (unpaired) electrons. The number of fused-ring (bicyclic) bond motifs is 9. The Morgan fingerprint density at radius 1 is 0.940 bits per heavy atom. The highest BCUT2D eigenvalue weighted by Crippen LogP contribution is 2.30. The van der Waals surface area contributed by atoms with Crippen LogP contribution in [0.1, 0.15) is 51.3 Å². The van der Waals surface area contributed by atoms with Gasteiger partial charge in [-0.3, -0.25) is 19.1 Å². The molecule has 3 aromatic carbocycles. The van der Waals surface area contributed by atoms with E-state index in [4.69, 9.17) is 18.9 Å². The Balaban J connectivity index is 1.22. The second-order valence-electron chi connectivity index (χ2n) is 12.7. The molecule has 12 heteroatoms. The predicted molar refractivity (Wildman–Crippen MR) is 186 cm³/mol. The van der Waals surface area contributed by atoms with Gasteiger partial charge in [0.2, 0.25) is 5.91 Å². The van der Waals surface area contributed by atoms with Crippen molar-refractivity contribution in [3.63, 3.8) is 0 Å². The van der Waals surface area contributed by atoms with Crippen LogP contribution < -0.4 is 29.6 Å². The van der Waals surface area contributed by atoms with Crippen molar-refractivity contribution in [1.82, 2.24) is 25.3 Å². The SMILES string of the molecule is COc1cc2ccc1CNC(=O)CCc1ccc(OC)c(c1)OCC(=O)N[C@@H]1CN(C(=O)c3ccc(Cn4nc(C)cc4C)cc3)CC[C@@H]1O2. The number of benzene rings is 3. The lowest BCUT2D eigenvalue weighted by molar-refractivity contribution is -0.125. The lowest BCUT2D eigenvalue weighted by Gasteiger charge is -2.39. The molecule has 0 spiro atoms. The zero-order valence-electron chi connectivity index (χ0n) is 28.9. The van der Waals surface area contributed by atoms with Gasteiger partial charge in [-0.25, -0.2) is 0 Å². The third kappa shape index (κ3) is 8.19. The average molecular weight is 682 g/mol. The van der Waals surface area contributed by atoms with E-state index < -0.39 is 12.1 Å². The maximum absolute atomic E-state index is 13.7. The fourth-order valence-corrected chi connectivity index (χ4v) is 6.38. The number of rotatable bonds is 5. The Morgan fingerprint density at radius 3 is 2.48 bits per heavy atom. The van der Waals surface area contributed by atoms with E-state index in [9.17, 15) is 14.4 Å². The van der Waals surface area contributed by atoms with Crippen LogP contribution in [0.25, 0.3) is 0 Å². The average Bonchev–Trinajstić information content (AvgIpc) is 3.44. The molecule has 1 aromatic heterocycles. The highest BCUT2D eigenvalue weighted by Gasteiger charge is 2.35. The van der Waals surface area contributed by atoms with Gasteiger partial charge < -0.3 is 34.5 Å². The number of carbonyl (C=O) groups is 3. The van der Waals surface area contributed by atoms with Gasteiger partial charge in [-0.2, -0.15) is 5.10 Å². The Labute approximate surface area is 291 Å². The van der Waals surface area contributed by atoms with E-state index in [-0.39, 0.29) is 37.3 Å². The van der Waals surface area contributed by atoms with Crippen LogP contribution in [0.4, 0.5) is 0 Å². The second kappa shape index (κ2) is 15.4. The monoisotopic (exact) mass is 681 g/mol. The quantitative estimate of drug-likeness (QED) is 0.323. The van der Waals surface area contributed by atoms with Crippen LogP contribution in [-0.2, 0) is 29.1 Å². The molecule has 3 amide bonds. The molecule has 50 heavy (non-hydrogen) atoms. The molecule has 0 aliphatic carbocycles. The smallest absolute Gasteiger partial charge is 0.258 e. The molecular formula is C38H43N5O7. The predicted octanol–water partition coefficient (Wildman–Crippen LogP) is 3.99. The van der Waals surface area contributed by atoms with Crippen LogP contribution in [0.2, 0.25) is 0 Å². The summed E-state index contributed by atoms with van der Waals surface area (Å²) >= 11 is 0. The molecule has 1 fully saturated rings. The van der Waals surface area contributed by atoms with Gasteiger partial charge in [0.15, 0.2) is 18.1 Å². The summed E-state index contributed by atoms with van der Waals surface area (Å²) in [5.41, 5.74) is 5.31. The first-order valence-electron chi connectivity index (χ1n) is 16.8. The Kier molecular flexibility index (Phi) is 10.5. The van der Waals surface area contributed by atoms with Crippen LogP contribution in [0, 0.1) is 13.8 Å². The van der Waals surface area contributed by atoms with Crippen LogP contribution in [0.15, 0.2) is 66.7 Å². The number of aromatic nitrogens is 2. The molecular weight excluding hydrogens is 638 g/mol. The molecule has 2 atom stereocenters. The maximum Gasteiger partial charge on any atom is 0.258 e. The molecule has 3 aliphatic heterocycles. The number of piperidine rings is 1. The number of ether oxygens (including phenoxy) is 4. The highest BCUT2D eigenvalue weighted by atomic mass is 16.5. The number of methoxy groups -OCH3 is 2. The van der Waals surface area contributed by atoms with E-state index in [2.05, 4.69) is 15.7 Å². The molecule has 4 bridgehead atoms. The van der Waals surface area contributed by atoms with Crippen LogP contribution in [0.5, 0.6) is 23.0 Å². The summed E-state index contributed by atoms with van der Waals surface area (Å²) < 4.78 is 25.4. The molecule has 1 saturated heterocycles. The molecule has 12 nitrogen and oxygen atoms in total. The number of nitrogens with one attached hydrogen (secondary N) is 2. The Bertz CT molecular complexity index is 1850. The number of nitrogens with zero attached hydrogens (tertiary/aromatic N) is 3. The molecule has 262 valence electrons. The lowest BCUT2D eigenvalue weighted by atomic mass is 10.00. The van der Waals surface area contributed by atoms with Crippen LogP contribution in [-0.4, -0.2) is 78.5 Å². The molecule has 3 aliphatic rings. The lowest BCUT2D eigenvalue weighted by Crippen LogP contribution is -2.58. The minimum atomic E-state index is -0.533. The van der Waals surface area contributed by atoms with E-state index in [1.807, 2.05) is 67.1 Å². The van der Waals surface area contributed by atoms with Crippen molar-refractivity contribution in [2.75, 3.05) is 33.9 Å². The third-order valence-corrected chi connectivity index (χ3v) is 9.07. The van der Waals surface area contributed by atoms with Gasteiger partial charge in [-0.05, 0) is 73.9 Å². The zero-order chi connectivity index (χ0) is 35.2. The fourth-order valence-electron chi connectivity index (χ4n) is 6.38. The summed E-state index contributed by atoms with van der Waals surface area (Å²) in [5, 5.41) is 10.6. The van der Waals surface area contributed by atoms with E-state index in [1.54, 1.807) is 30.2 Å². The number of hydrogen-bond acceptors (Lipinski definition) is 8. The second-order valence-corrected chi connectivity index (χ2v) is 12.7. The summed E-state index contributed by atoms with van der Waals surface area (Å²) in [5.74, 6) is 1.39. The van der Waals surface area contributed by atoms with E-state index >= 15 is 0 Å². The number of carbonyl (C=O) groups excluding carboxylic acids is 3. The zero-order valence-corrected chi connectivity index (χ0v) is 28.9. The van der Waals surface area contributed by atoms with E-state index in [0.29, 0.717) is 61.0 Å². The number of amides is 3. The number of hydrogen-bond donors (Lipinski definition) is 2. The maximum atomic E-state index is 13.7. The summed E-state index contributed by atoms with van der Waals surface area (Å²) in [6.45, 7) is 5.29. The van der Waals surface area contributed by atoms with E-state index in [0.717, 1.165) is 28.1 Å². The van der Waals surface area contributed by atoms with E-state index in [1.165, 1.54) is 7.11 Å². The van der Waals surface area contributed by atoms with Crippen molar-refractivity contribution in [2.45, 2.75) is 58.3 Å². The van der Waals surface area contributed by atoms with Gasteiger partial charge in [0.05, 0.1) is 32.5 Å². The topological polar surface area (TPSA) is 133 Å². The molecule has 0 saturated carbocycles. The summed E-state index contributed by atoms with van der Waals surface area (Å²) in [7, 11) is 3.10. The van der Waals surface area contributed by atoms with Gasteiger partial charge in [-0.15, -0.1) is 0 Å². The Hall–Kier alpha value is -5.52. The standard InChI is InChI=1S/C38H43N5O7/c1-24-17-25(2)43(41-24)21-27-5-9-28(10-6-27)38(46)42-16-15-32-31(22-42)40-37(45)23-49-35-18-26(7-13-33(35)47-3)8-14-36(44)39-20-29-11-12-30(50-32)19-34(29)48-4/h5-7,9-13,17-19,31-32H,8,14-16,20-23H2,1-4H3,(H,39,44)(H,40,45)/t31-,32+/m1/s1. The molecule has 2 N–H and O–H groups in total. The van der Waals surface area contributed by atoms with Crippen molar-refractivity contribution < 1.29 is 33.3 Å². The van der Waals surface area contributed by atoms with Crippen molar-refractivity contribution in [2.24, 2.45) is 0 Å². The van der Waals surface area contributed by atoms with Crippen LogP contribution in [0.3, 0.4) is 0 Å². The normalized spacial score (nSPS) is 18.3. The molecule has 0 unspecified atom stereocenters. The highest BCUT2D eigenvalue weighted by molar-refractivity contribution is 5.94. The number of aryl methyl sites for hydroxylation is 3. The fraction of sp³-hybridized carbons (Fsp3) is 0.368. The first-order valence-corrected chi connectivity index (χ1v) is 16.8. The van der Waals surface area contributed by atoms with Gasteiger partial charge in [0.25, 0.3) is 11.8 Å². The minimum absolute atomic E-state index is 0.109. The van der Waals surface area contributed by atoms with Crippen molar-refractivity contribution in [3.8, 4) is 23.0 Å². The van der Waals surface area contributed by atoms with Crippen molar-refractivity contribution in [1.29, 1.82) is 0 Å². The molecule has 7 rings (SSSR count). The van der Waals surface area contributed by atoms with Gasteiger partial charge in [0, 0.05) is 55.4 Å². The minimum Gasteiger partial charge on any atom is -0.496 e. The number of likely N-dealkylation sites (tertiary alicyclic amines) is 1. The first-order chi connectivity index (χ1) is 24.2. The van der Waals surface area contributed by atoms with Gasteiger partial charge >= 0.3 is 0 Å².